The van der Waals surface area contributed by atoms with E-state index in [4.69, 9.17) is 4.74 Å². The molecule has 1 N–H and O–H groups in total. The molecule has 0 bridgehead atoms. The molecule has 0 aliphatic carbocycles. The number of carbonyl (C=O) groups excluding carboxylic acids is 2. The molecule has 1 aromatic heterocycles. The van der Waals surface area contributed by atoms with Crippen LogP contribution in [0.2, 0.25) is 0 Å². The van der Waals surface area contributed by atoms with Crippen LogP contribution in [0.4, 0.5) is 5.69 Å². The minimum atomic E-state index is -0.411. The maximum atomic E-state index is 12.8. The second-order valence-electron chi connectivity index (χ2n) is 5.99. The average molecular weight is 328 g/mol. The van der Waals surface area contributed by atoms with Gasteiger partial charge < -0.3 is 14.6 Å². The van der Waals surface area contributed by atoms with Crippen molar-refractivity contribution < 1.29 is 14.3 Å². The summed E-state index contributed by atoms with van der Waals surface area (Å²) >= 11 is 0. The van der Waals surface area contributed by atoms with Crippen molar-refractivity contribution in [3.05, 3.63) is 51.8 Å². The molecular weight excluding hydrogens is 304 g/mol. The van der Waals surface area contributed by atoms with Crippen molar-refractivity contribution in [3.63, 3.8) is 0 Å². The SMILES string of the molecule is CCOC(=O)c1c(C)c(C(=O)Nc2cc(C)ccc2C)c(C)n1C. The monoisotopic (exact) mass is 328 g/mol. The molecule has 0 saturated carbocycles. The summed E-state index contributed by atoms with van der Waals surface area (Å²) < 4.78 is 6.81. The number of nitrogens with zero attached hydrogens (tertiary/aromatic N) is 1. The Morgan fingerprint density at radius 2 is 1.83 bits per heavy atom. The van der Waals surface area contributed by atoms with Gasteiger partial charge in [0.05, 0.1) is 12.2 Å². The molecule has 0 aliphatic rings. The normalized spacial score (nSPS) is 10.6. The smallest absolute Gasteiger partial charge is 0.355 e. The summed E-state index contributed by atoms with van der Waals surface area (Å²) in [6.45, 7) is 9.59. The number of amides is 1. The van der Waals surface area contributed by atoms with Crippen LogP contribution in [0.5, 0.6) is 0 Å². The van der Waals surface area contributed by atoms with Crippen molar-refractivity contribution in [1.29, 1.82) is 0 Å². The Bertz CT molecular complexity index is 803. The van der Waals surface area contributed by atoms with E-state index in [1.54, 1.807) is 25.5 Å². The van der Waals surface area contributed by atoms with Gasteiger partial charge in [-0.25, -0.2) is 4.79 Å². The number of ether oxygens (including phenoxy) is 1. The maximum absolute atomic E-state index is 12.8. The molecule has 1 amide bonds. The standard InChI is InChI=1S/C19H24N2O3/c1-7-24-19(23)17-13(4)16(14(5)21(17)6)18(22)20-15-10-11(2)8-9-12(15)3/h8-10H,7H2,1-6H3,(H,20,22). The lowest BCUT2D eigenvalue weighted by Gasteiger charge is -2.10. The number of rotatable bonds is 4. The third-order valence-electron chi connectivity index (χ3n) is 4.27. The van der Waals surface area contributed by atoms with Crippen molar-refractivity contribution in [2.24, 2.45) is 7.05 Å². The summed E-state index contributed by atoms with van der Waals surface area (Å²) in [4.78, 5) is 24.9. The quantitative estimate of drug-likeness (QED) is 0.871. The molecule has 0 aliphatic heterocycles. The first-order chi connectivity index (χ1) is 11.3. The zero-order valence-corrected chi connectivity index (χ0v) is 15.1. The highest BCUT2D eigenvalue weighted by Crippen LogP contribution is 2.24. The molecule has 128 valence electrons. The number of aryl methyl sites for hydroxylation is 2. The van der Waals surface area contributed by atoms with E-state index in [0.717, 1.165) is 22.5 Å². The molecule has 0 saturated heterocycles. The zero-order valence-electron chi connectivity index (χ0n) is 15.1. The van der Waals surface area contributed by atoms with Gasteiger partial charge in [0.15, 0.2) is 0 Å². The summed E-state index contributed by atoms with van der Waals surface area (Å²) in [5, 5.41) is 2.96. The minimum absolute atomic E-state index is 0.218. The first kappa shape index (κ1) is 17.8. The minimum Gasteiger partial charge on any atom is -0.461 e. The van der Waals surface area contributed by atoms with Crippen molar-refractivity contribution in [1.82, 2.24) is 4.57 Å². The van der Waals surface area contributed by atoms with E-state index in [0.29, 0.717) is 23.4 Å². The summed E-state index contributed by atoms with van der Waals surface area (Å²) in [7, 11) is 1.77. The van der Waals surface area contributed by atoms with Crippen molar-refractivity contribution in [2.45, 2.75) is 34.6 Å². The second kappa shape index (κ2) is 6.91. The van der Waals surface area contributed by atoms with Gasteiger partial charge in [0, 0.05) is 18.4 Å². The van der Waals surface area contributed by atoms with Gasteiger partial charge in [0.2, 0.25) is 0 Å². The molecule has 2 rings (SSSR count). The van der Waals surface area contributed by atoms with Crippen LogP contribution in [-0.2, 0) is 11.8 Å². The predicted molar refractivity (Wildman–Crippen MR) is 94.7 cm³/mol. The molecule has 5 heteroatoms. The number of hydrogen-bond acceptors (Lipinski definition) is 3. The average Bonchev–Trinajstić information content (AvgIpc) is 2.73. The molecule has 5 nitrogen and oxygen atoms in total. The molecule has 24 heavy (non-hydrogen) atoms. The highest BCUT2D eigenvalue weighted by molar-refractivity contribution is 6.08. The van der Waals surface area contributed by atoms with Crippen molar-refractivity contribution in [2.75, 3.05) is 11.9 Å². The highest BCUT2D eigenvalue weighted by atomic mass is 16.5. The molecule has 2 aromatic rings. The third kappa shape index (κ3) is 3.20. The number of carbonyl (C=O) groups is 2. The fourth-order valence-electron chi connectivity index (χ4n) is 2.86. The van der Waals surface area contributed by atoms with E-state index >= 15 is 0 Å². The van der Waals surface area contributed by atoms with Crippen LogP contribution in [-0.4, -0.2) is 23.1 Å². The van der Waals surface area contributed by atoms with Crippen LogP contribution in [0.15, 0.2) is 18.2 Å². The van der Waals surface area contributed by atoms with Gasteiger partial charge in [0.1, 0.15) is 5.69 Å². The summed E-state index contributed by atoms with van der Waals surface area (Å²) in [6, 6.07) is 5.91. The van der Waals surface area contributed by atoms with Gasteiger partial charge in [-0.15, -0.1) is 0 Å². The van der Waals surface area contributed by atoms with Gasteiger partial charge in [-0.1, -0.05) is 12.1 Å². The molecule has 0 unspecified atom stereocenters. The Hall–Kier alpha value is -2.56. The molecule has 1 aromatic carbocycles. The molecule has 0 radical (unpaired) electrons. The lowest BCUT2D eigenvalue weighted by atomic mass is 10.1. The number of hydrogen-bond donors (Lipinski definition) is 1. The van der Waals surface area contributed by atoms with Gasteiger partial charge >= 0.3 is 5.97 Å². The number of anilines is 1. The summed E-state index contributed by atoms with van der Waals surface area (Å²) in [5.41, 5.74) is 5.15. The third-order valence-corrected chi connectivity index (χ3v) is 4.27. The van der Waals surface area contributed by atoms with Crippen LogP contribution in [0, 0.1) is 27.7 Å². The largest absolute Gasteiger partial charge is 0.461 e. The lowest BCUT2D eigenvalue weighted by Crippen LogP contribution is -2.15. The Morgan fingerprint density at radius 1 is 1.17 bits per heavy atom. The van der Waals surface area contributed by atoms with Crippen molar-refractivity contribution in [3.8, 4) is 0 Å². The van der Waals surface area contributed by atoms with E-state index in [1.165, 1.54) is 0 Å². The summed E-state index contributed by atoms with van der Waals surface area (Å²) in [5.74, 6) is -0.628. The zero-order chi connectivity index (χ0) is 18.0. The second-order valence-corrected chi connectivity index (χ2v) is 5.99. The molecular formula is C19H24N2O3. The predicted octanol–water partition coefficient (Wildman–Crippen LogP) is 3.69. The number of benzene rings is 1. The molecule has 0 spiro atoms. The van der Waals surface area contributed by atoms with E-state index in [1.807, 2.05) is 39.0 Å². The summed E-state index contributed by atoms with van der Waals surface area (Å²) in [6.07, 6.45) is 0. The van der Waals surface area contributed by atoms with Crippen molar-refractivity contribution >= 4 is 17.6 Å². The van der Waals surface area contributed by atoms with Crippen LogP contribution < -0.4 is 5.32 Å². The van der Waals surface area contributed by atoms with Gasteiger partial charge in [-0.2, -0.15) is 0 Å². The molecule has 1 heterocycles. The highest BCUT2D eigenvalue weighted by Gasteiger charge is 2.25. The van der Waals surface area contributed by atoms with Crippen LogP contribution in [0.1, 0.15) is 50.2 Å². The number of nitrogens with one attached hydrogen (secondary N) is 1. The topological polar surface area (TPSA) is 60.3 Å². The molecule has 0 atom stereocenters. The first-order valence-electron chi connectivity index (χ1n) is 7.99. The number of esters is 1. The first-order valence-corrected chi connectivity index (χ1v) is 7.99. The van der Waals surface area contributed by atoms with Gasteiger partial charge in [-0.3, -0.25) is 4.79 Å². The van der Waals surface area contributed by atoms with Gasteiger partial charge in [0.25, 0.3) is 5.91 Å². The molecule has 0 fully saturated rings. The Labute approximate surface area is 142 Å². The van der Waals surface area contributed by atoms with Crippen LogP contribution >= 0.6 is 0 Å². The van der Waals surface area contributed by atoms with Crippen LogP contribution in [0.25, 0.3) is 0 Å². The fraction of sp³-hybridized carbons (Fsp3) is 0.368. The fourth-order valence-corrected chi connectivity index (χ4v) is 2.86. The Kier molecular flexibility index (Phi) is 5.12. The van der Waals surface area contributed by atoms with Crippen LogP contribution in [0.3, 0.4) is 0 Å². The van der Waals surface area contributed by atoms with E-state index in [9.17, 15) is 9.59 Å². The number of aromatic nitrogens is 1. The Morgan fingerprint density at radius 3 is 2.46 bits per heavy atom. The van der Waals surface area contributed by atoms with Gasteiger partial charge in [-0.05, 0) is 57.4 Å². The van der Waals surface area contributed by atoms with E-state index in [2.05, 4.69) is 5.32 Å². The van der Waals surface area contributed by atoms with E-state index in [-0.39, 0.29) is 5.91 Å². The lowest BCUT2D eigenvalue weighted by molar-refractivity contribution is 0.0514. The Balaban J connectivity index is 2.42. The van der Waals surface area contributed by atoms with E-state index < -0.39 is 5.97 Å². The maximum Gasteiger partial charge on any atom is 0.355 e.